The molecule has 2 saturated heterocycles. The lowest BCUT2D eigenvalue weighted by molar-refractivity contribution is -0.133. The van der Waals surface area contributed by atoms with Gasteiger partial charge < -0.3 is 14.5 Å². The minimum Gasteiger partial charge on any atom is -0.378 e. The molecule has 22 heavy (non-hydrogen) atoms. The Bertz CT molecular complexity index is 731. The lowest BCUT2D eigenvalue weighted by atomic mass is 10.1. The van der Waals surface area contributed by atoms with Gasteiger partial charge in [0.1, 0.15) is 12.1 Å². The van der Waals surface area contributed by atoms with Crippen LogP contribution >= 0.6 is 11.3 Å². The second kappa shape index (κ2) is 5.17. The summed E-state index contributed by atoms with van der Waals surface area (Å²) in [5.74, 6) is 1.00. The summed E-state index contributed by atoms with van der Waals surface area (Å²) in [6.07, 6.45) is 1.63. The molecule has 0 spiro atoms. The van der Waals surface area contributed by atoms with Gasteiger partial charge in [-0.3, -0.25) is 4.79 Å². The van der Waals surface area contributed by atoms with Crippen molar-refractivity contribution >= 4 is 33.3 Å². The maximum Gasteiger partial charge on any atom is 0.229 e. The Labute approximate surface area is 132 Å². The molecule has 1 amide bonds. The lowest BCUT2D eigenvalue weighted by Gasteiger charge is -2.30. The third kappa shape index (κ3) is 2.07. The molecule has 0 aromatic carbocycles. The van der Waals surface area contributed by atoms with Gasteiger partial charge in [0.15, 0.2) is 0 Å². The van der Waals surface area contributed by atoms with Gasteiger partial charge in [0.05, 0.1) is 35.4 Å². The number of aromatic nitrogens is 2. The van der Waals surface area contributed by atoms with Gasteiger partial charge in [0.25, 0.3) is 0 Å². The summed E-state index contributed by atoms with van der Waals surface area (Å²) < 4.78 is 6.77. The van der Waals surface area contributed by atoms with Crippen molar-refractivity contribution in [3.63, 3.8) is 0 Å². The molecule has 6 nitrogen and oxygen atoms in total. The summed E-state index contributed by atoms with van der Waals surface area (Å²) in [6.45, 7) is 4.56. The molecule has 2 aliphatic heterocycles. The first-order valence-corrected chi connectivity index (χ1v) is 8.31. The van der Waals surface area contributed by atoms with Crippen LogP contribution in [0, 0.1) is 12.8 Å². The Morgan fingerprint density at radius 1 is 1.32 bits per heavy atom. The summed E-state index contributed by atoms with van der Waals surface area (Å²) in [4.78, 5) is 25.4. The van der Waals surface area contributed by atoms with Gasteiger partial charge in [-0.15, -0.1) is 11.3 Å². The van der Waals surface area contributed by atoms with E-state index in [1.54, 1.807) is 17.7 Å². The number of hydrogen-bond donors (Lipinski definition) is 0. The summed E-state index contributed by atoms with van der Waals surface area (Å²) >= 11 is 1.67. The van der Waals surface area contributed by atoms with E-state index in [9.17, 15) is 4.79 Å². The quantitative estimate of drug-likeness (QED) is 0.793. The third-order valence-corrected chi connectivity index (χ3v) is 5.64. The molecule has 2 aromatic rings. The number of fused-ring (bicyclic) bond motifs is 4. The normalized spacial score (nSPS) is 25.6. The van der Waals surface area contributed by atoms with Crippen molar-refractivity contribution in [1.82, 2.24) is 14.9 Å². The highest BCUT2D eigenvalue weighted by molar-refractivity contribution is 7.18. The first kappa shape index (κ1) is 13.9. The fraction of sp³-hybridized carbons (Fsp3) is 0.533. The highest BCUT2D eigenvalue weighted by Gasteiger charge is 2.38. The van der Waals surface area contributed by atoms with E-state index in [1.165, 1.54) is 5.56 Å². The molecular formula is C15H18N4O2S. The average molecular weight is 318 g/mol. The molecule has 0 radical (unpaired) electrons. The van der Waals surface area contributed by atoms with Crippen molar-refractivity contribution in [3.8, 4) is 0 Å². The van der Waals surface area contributed by atoms with Crippen LogP contribution in [0.25, 0.3) is 10.2 Å². The van der Waals surface area contributed by atoms with Crippen LogP contribution in [0.4, 0.5) is 5.82 Å². The smallest absolute Gasteiger partial charge is 0.229 e. The van der Waals surface area contributed by atoms with Crippen LogP contribution in [0.15, 0.2) is 11.7 Å². The number of aryl methyl sites for hydroxylation is 1. The molecule has 2 bridgehead atoms. The SMILES string of the molecule is Cc1csc2c(N3C[C@@H]4COC[C@H](C3)N(C)C4=O)ncnc12. The first-order valence-electron chi connectivity index (χ1n) is 7.43. The standard InChI is InChI=1S/C15H18N4O2S/c1-9-7-22-13-12(9)16-8-17-14(13)19-3-10-5-21-6-11(4-19)18(2)15(10)20/h7-8,10-11H,3-6H2,1-2H3/t10-,11+/m1/s1. The number of carbonyl (C=O) groups excluding carboxylic acids is 1. The number of hydrogen-bond acceptors (Lipinski definition) is 6. The molecule has 0 aliphatic carbocycles. The molecule has 0 unspecified atom stereocenters. The molecule has 116 valence electrons. The summed E-state index contributed by atoms with van der Waals surface area (Å²) in [5.41, 5.74) is 2.19. The Balaban J connectivity index is 1.77. The highest BCUT2D eigenvalue weighted by atomic mass is 32.1. The van der Waals surface area contributed by atoms with Crippen molar-refractivity contribution in [2.24, 2.45) is 5.92 Å². The predicted molar refractivity (Wildman–Crippen MR) is 85.2 cm³/mol. The van der Waals surface area contributed by atoms with Crippen molar-refractivity contribution in [2.45, 2.75) is 13.0 Å². The molecule has 2 atom stereocenters. The molecule has 7 heteroatoms. The molecule has 4 heterocycles. The van der Waals surface area contributed by atoms with E-state index >= 15 is 0 Å². The largest absolute Gasteiger partial charge is 0.378 e. The molecule has 0 N–H and O–H groups in total. The molecular weight excluding hydrogens is 300 g/mol. The number of ether oxygens (including phenoxy) is 1. The summed E-state index contributed by atoms with van der Waals surface area (Å²) in [5, 5.41) is 2.11. The second-order valence-electron chi connectivity index (χ2n) is 6.04. The van der Waals surface area contributed by atoms with Crippen LogP contribution < -0.4 is 4.90 Å². The molecule has 0 saturated carbocycles. The minimum absolute atomic E-state index is 0.0751. The predicted octanol–water partition coefficient (Wildman–Crippen LogP) is 1.29. The van der Waals surface area contributed by atoms with Gasteiger partial charge in [-0.1, -0.05) is 0 Å². The maximum absolute atomic E-state index is 12.5. The van der Waals surface area contributed by atoms with Gasteiger partial charge in [-0.25, -0.2) is 9.97 Å². The van der Waals surface area contributed by atoms with Crippen LogP contribution in [0.1, 0.15) is 5.56 Å². The average Bonchev–Trinajstić information content (AvgIpc) is 2.77. The van der Waals surface area contributed by atoms with Crippen LogP contribution in [0.3, 0.4) is 0 Å². The van der Waals surface area contributed by atoms with Crippen LogP contribution in [0.2, 0.25) is 0 Å². The van der Waals surface area contributed by atoms with Crippen LogP contribution in [-0.2, 0) is 9.53 Å². The Morgan fingerprint density at radius 2 is 2.18 bits per heavy atom. The second-order valence-corrected chi connectivity index (χ2v) is 6.92. The topological polar surface area (TPSA) is 58.6 Å². The lowest BCUT2D eigenvalue weighted by Crippen LogP contribution is -2.43. The van der Waals surface area contributed by atoms with Gasteiger partial charge in [-0.05, 0) is 17.9 Å². The first-order chi connectivity index (χ1) is 10.6. The van der Waals surface area contributed by atoms with E-state index in [2.05, 4.69) is 27.2 Å². The number of thiophene rings is 1. The zero-order valence-corrected chi connectivity index (χ0v) is 13.5. The van der Waals surface area contributed by atoms with Crippen molar-refractivity contribution in [1.29, 1.82) is 0 Å². The van der Waals surface area contributed by atoms with E-state index in [0.717, 1.165) is 22.6 Å². The fourth-order valence-electron chi connectivity index (χ4n) is 3.25. The Hall–Kier alpha value is -1.73. The number of carbonyl (C=O) groups is 1. The van der Waals surface area contributed by atoms with Crippen molar-refractivity contribution in [3.05, 3.63) is 17.3 Å². The Morgan fingerprint density at radius 3 is 3.05 bits per heavy atom. The number of nitrogens with zero attached hydrogens (tertiary/aromatic N) is 4. The number of rotatable bonds is 1. The number of likely N-dealkylation sites (N-methyl/N-ethyl adjacent to an activating group) is 1. The summed E-state index contributed by atoms with van der Waals surface area (Å²) in [7, 11) is 1.88. The third-order valence-electron chi connectivity index (χ3n) is 4.56. The van der Waals surface area contributed by atoms with Gasteiger partial charge in [-0.2, -0.15) is 0 Å². The van der Waals surface area contributed by atoms with Crippen molar-refractivity contribution < 1.29 is 9.53 Å². The van der Waals surface area contributed by atoms with E-state index in [-0.39, 0.29) is 17.9 Å². The monoisotopic (exact) mass is 318 g/mol. The molecule has 4 rings (SSSR count). The molecule has 2 aromatic heterocycles. The van der Waals surface area contributed by atoms with Crippen LogP contribution in [-0.4, -0.2) is 60.2 Å². The van der Waals surface area contributed by atoms with Gasteiger partial charge in [0.2, 0.25) is 5.91 Å². The zero-order valence-electron chi connectivity index (χ0n) is 12.7. The number of amides is 1. The van der Waals surface area contributed by atoms with E-state index in [0.29, 0.717) is 19.8 Å². The highest BCUT2D eigenvalue weighted by Crippen LogP contribution is 2.33. The Kier molecular flexibility index (Phi) is 3.27. The van der Waals surface area contributed by atoms with E-state index in [4.69, 9.17) is 4.74 Å². The molecule has 2 fully saturated rings. The van der Waals surface area contributed by atoms with Gasteiger partial charge in [0, 0.05) is 20.1 Å². The maximum atomic E-state index is 12.5. The van der Waals surface area contributed by atoms with E-state index < -0.39 is 0 Å². The minimum atomic E-state index is -0.122. The van der Waals surface area contributed by atoms with Crippen LogP contribution in [0.5, 0.6) is 0 Å². The zero-order chi connectivity index (χ0) is 15.3. The van der Waals surface area contributed by atoms with Crippen molar-refractivity contribution in [2.75, 3.05) is 38.3 Å². The van der Waals surface area contributed by atoms with Gasteiger partial charge >= 0.3 is 0 Å². The van der Waals surface area contributed by atoms with E-state index in [1.807, 2.05) is 11.9 Å². The molecule has 2 aliphatic rings. The summed E-state index contributed by atoms with van der Waals surface area (Å²) in [6, 6.07) is 0.0751. The number of anilines is 1. The fourth-order valence-corrected chi connectivity index (χ4v) is 4.27.